The smallest absolute Gasteiger partial charge is 0.360 e. The molecule has 0 amide bonds. The van der Waals surface area contributed by atoms with Gasteiger partial charge in [-0.15, -0.1) is 0 Å². The minimum absolute atomic E-state index is 0.0890. The number of nitrogens with zero attached hydrogens (tertiary/aromatic N) is 3. The van der Waals surface area contributed by atoms with Crippen LogP contribution in [-0.4, -0.2) is 24.2 Å². The summed E-state index contributed by atoms with van der Waals surface area (Å²) in [4.78, 5) is 6.98. The van der Waals surface area contributed by atoms with Gasteiger partial charge in [0.15, 0.2) is 0 Å². The van der Waals surface area contributed by atoms with Gasteiger partial charge >= 0.3 is 7.75 Å². The van der Waals surface area contributed by atoms with Crippen molar-refractivity contribution in [3.05, 3.63) is 78.0 Å². The van der Waals surface area contributed by atoms with Gasteiger partial charge in [-0.3, -0.25) is 19.1 Å². The third-order valence-corrected chi connectivity index (χ3v) is 8.67. The van der Waals surface area contributed by atoms with E-state index in [1.54, 1.807) is 20.0 Å². The molecule has 0 bridgehead atoms. The summed E-state index contributed by atoms with van der Waals surface area (Å²) in [6.07, 6.45) is 5.24. The predicted octanol–water partition coefficient (Wildman–Crippen LogP) is 7.06. The van der Waals surface area contributed by atoms with E-state index in [4.69, 9.17) is 9.05 Å². The molecule has 0 spiro atoms. The van der Waals surface area contributed by atoms with E-state index in [0.29, 0.717) is 11.7 Å². The molecule has 2 aliphatic rings. The fraction of sp³-hybridized carbons (Fsp3) is 0.357. The molecule has 2 atom stereocenters. The molecule has 1 aliphatic heterocycles. The van der Waals surface area contributed by atoms with Crippen molar-refractivity contribution in [2.75, 3.05) is 23.2 Å². The van der Waals surface area contributed by atoms with Crippen molar-refractivity contribution in [2.45, 2.75) is 51.1 Å². The maximum Gasteiger partial charge on any atom is 0.432 e. The van der Waals surface area contributed by atoms with Gasteiger partial charge in [0, 0.05) is 29.2 Å². The zero-order valence-electron chi connectivity index (χ0n) is 20.6. The second-order valence-electron chi connectivity index (χ2n) is 9.10. The highest BCUT2D eigenvalue weighted by Crippen LogP contribution is 2.53. The molecule has 5 rings (SSSR count). The van der Waals surface area contributed by atoms with Crippen LogP contribution in [0.3, 0.4) is 0 Å². The highest BCUT2D eigenvalue weighted by Gasteiger charge is 2.44. The lowest BCUT2D eigenvalue weighted by Gasteiger charge is -2.41. The lowest BCUT2D eigenvalue weighted by atomic mass is 9.87. The Morgan fingerprint density at radius 3 is 2.42 bits per heavy atom. The van der Waals surface area contributed by atoms with Gasteiger partial charge in [0.2, 0.25) is 0 Å². The molecule has 7 nitrogen and oxygen atoms in total. The van der Waals surface area contributed by atoms with Gasteiger partial charge in [-0.2, -0.15) is 5.26 Å². The van der Waals surface area contributed by atoms with Crippen molar-refractivity contribution in [3.8, 4) is 17.3 Å². The number of fused-ring (bicyclic) bond motifs is 1. The van der Waals surface area contributed by atoms with Crippen molar-refractivity contribution < 1.29 is 13.6 Å². The van der Waals surface area contributed by atoms with Crippen LogP contribution in [0, 0.1) is 11.3 Å². The summed E-state index contributed by atoms with van der Waals surface area (Å²) < 4.78 is 23.6. The number of aromatic nitrogens is 1. The number of benzene rings is 2. The van der Waals surface area contributed by atoms with Gasteiger partial charge in [-0.25, -0.2) is 4.57 Å². The second-order valence-corrected chi connectivity index (χ2v) is 10.8. The van der Waals surface area contributed by atoms with E-state index in [1.165, 1.54) is 6.42 Å². The third-order valence-electron chi connectivity index (χ3n) is 6.94. The fourth-order valence-corrected chi connectivity index (χ4v) is 6.49. The van der Waals surface area contributed by atoms with E-state index in [9.17, 15) is 9.83 Å². The zero-order chi connectivity index (χ0) is 25.1. The van der Waals surface area contributed by atoms with E-state index in [2.05, 4.69) is 39.2 Å². The summed E-state index contributed by atoms with van der Waals surface area (Å²) in [5, 5.41) is 13.2. The van der Waals surface area contributed by atoms with Crippen LogP contribution in [0.15, 0.2) is 66.9 Å². The molecule has 2 unspecified atom stereocenters. The number of nitriles is 1. The molecule has 3 aromatic rings. The summed E-state index contributed by atoms with van der Waals surface area (Å²) in [6.45, 7) is 4.13. The third kappa shape index (κ3) is 4.65. The largest absolute Gasteiger partial charge is 0.432 e. The SMILES string of the molecule is CCOP(=O)(Nc1ccc(C2C(C#N)c3ccc(-c4ccccn4)cc3N2C2CCC2)cc1)OCC. The number of pyridine rings is 1. The molecule has 2 aromatic carbocycles. The Labute approximate surface area is 212 Å². The van der Waals surface area contributed by atoms with E-state index in [1.807, 2.05) is 42.5 Å². The molecule has 0 radical (unpaired) electrons. The fourth-order valence-electron chi connectivity index (χ4n) is 5.14. The topological polar surface area (TPSA) is 87.5 Å². The van der Waals surface area contributed by atoms with Gasteiger partial charge in [-0.1, -0.05) is 30.3 Å². The number of hydrogen-bond acceptors (Lipinski definition) is 6. The maximum absolute atomic E-state index is 12.9. The van der Waals surface area contributed by atoms with Crippen LogP contribution >= 0.6 is 7.75 Å². The predicted molar refractivity (Wildman–Crippen MR) is 142 cm³/mol. The summed E-state index contributed by atoms with van der Waals surface area (Å²) in [5.74, 6) is -0.282. The van der Waals surface area contributed by atoms with E-state index < -0.39 is 7.75 Å². The minimum Gasteiger partial charge on any atom is -0.360 e. The Morgan fingerprint density at radius 2 is 1.83 bits per heavy atom. The van der Waals surface area contributed by atoms with Crippen molar-refractivity contribution in [2.24, 2.45) is 0 Å². The molecule has 1 fully saturated rings. The van der Waals surface area contributed by atoms with Gasteiger partial charge < -0.3 is 4.90 Å². The summed E-state index contributed by atoms with van der Waals surface area (Å²) in [6, 6.07) is 23.0. The first-order chi connectivity index (χ1) is 17.6. The number of anilines is 2. The van der Waals surface area contributed by atoms with Gasteiger partial charge in [0.05, 0.1) is 36.9 Å². The molecule has 186 valence electrons. The Hall–Kier alpha value is -3.17. The Balaban J connectivity index is 1.49. The lowest BCUT2D eigenvalue weighted by Crippen LogP contribution is -2.41. The normalized spacial score (nSPS) is 19.4. The standard InChI is InChI=1S/C28H31N4O3P/c1-3-34-36(33,35-4-2)31-22-14-11-20(12-15-22)28-25(19-29)24-16-13-21(26-10-5-6-17-30-26)18-27(24)32(28)23-8-7-9-23/h5-6,10-18,23,25,28H,3-4,7-9H2,1-2H3,(H,31,33). The van der Waals surface area contributed by atoms with Crippen LogP contribution in [0.2, 0.25) is 0 Å². The first-order valence-corrected chi connectivity index (χ1v) is 14.1. The second kappa shape index (κ2) is 10.4. The van der Waals surface area contributed by atoms with Gasteiger partial charge in [0.25, 0.3) is 0 Å². The molecule has 0 saturated heterocycles. The Morgan fingerprint density at radius 1 is 1.08 bits per heavy atom. The summed E-state index contributed by atoms with van der Waals surface area (Å²) in [5.41, 5.74) is 5.87. The molecule has 1 N–H and O–H groups in total. The summed E-state index contributed by atoms with van der Waals surface area (Å²) in [7, 11) is -3.42. The minimum atomic E-state index is -3.42. The molecular weight excluding hydrogens is 471 g/mol. The van der Waals surface area contributed by atoms with E-state index in [0.717, 1.165) is 40.9 Å². The van der Waals surface area contributed by atoms with Gasteiger partial charge in [-0.05, 0) is 74.6 Å². The Kier molecular flexibility index (Phi) is 7.11. The zero-order valence-corrected chi connectivity index (χ0v) is 21.5. The first kappa shape index (κ1) is 24.5. The maximum atomic E-state index is 12.9. The molecule has 36 heavy (non-hydrogen) atoms. The van der Waals surface area contributed by atoms with Crippen molar-refractivity contribution in [1.82, 2.24) is 4.98 Å². The highest BCUT2D eigenvalue weighted by atomic mass is 31.2. The van der Waals surface area contributed by atoms with Crippen LogP contribution in [0.4, 0.5) is 11.4 Å². The molecule has 1 saturated carbocycles. The van der Waals surface area contributed by atoms with Gasteiger partial charge in [0.1, 0.15) is 0 Å². The lowest BCUT2D eigenvalue weighted by molar-refractivity contribution is 0.225. The van der Waals surface area contributed by atoms with Crippen molar-refractivity contribution >= 4 is 19.1 Å². The monoisotopic (exact) mass is 502 g/mol. The average Bonchev–Trinajstić information content (AvgIpc) is 3.17. The molecule has 1 aliphatic carbocycles. The van der Waals surface area contributed by atoms with Crippen molar-refractivity contribution in [1.29, 1.82) is 5.26 Å². The molecular formula is C28H31N4O3P. The quantitative estimate of drug-likeness (QED) is 0.313. The number of hydrogen-bond donors (Lipinski definition) is 1. The first-order valence-electron chi connectivity index (χ1n) is 12.6. The summed E-state index contributed by atoms with van der Waals surface area (Å²) >= 11 is 0. The van der Waals surface area contributed by atoms with Crippen molar-refractivity contribution in [3.63, 3.8) is 0 Å². The van der Waals surface area contributed by atoms with Crippen LogP contribution in [-0.2, 0) is 13.6 Å². The number of rotatable bonds is 9. The number of nitrogens with one attached hydrogen (secondary N) is 1. The van der Waals surface area contributed by atoms with Crippen LogP contribution in [0.5, 0.6) is 0 Å². The Bertz CT molecular complexity index is 1280. The average molecular weight is 503 g/mol. The van der Waals surface area contributed by atoms with E-state index >= 15 is 0 Å². The highest BCUT2D eigenvalue weighted by molar-refractivity contribution is 7.55. The molecule has 8 heteroatoms. The van der Waals surface area contributed by atoms with Crippen LogP contribution in [0.1, 0.15) is 56.2 Å². The van der Waals surface area contributed by atoms with Crippen LogP contribution in [0.25, 0.3) is 11.3 Å². The molecule has 2 heterocycles. The molecule has 1 aromatic heterocycles. The van der Waals surface area contributed by atoms with E-state index in [-0.39, 0.29) is 25.2 Å². The van der Waals surface area contributed by atoms with Crippen LogP contribution < -0.4 is 9.99 Å².